The van der Waals surface area contributed by atoms with Crippen molar-refractivity contribution in [2.75, 3.05) is 6.61 Å². The molecule has 0 spiro atoms. The smallest absolute Gasteiger partial charge is 0.428 e. The van der Waals surface area contributed by atoms with Crippen LogP contribution in [0, 0.1) is 0 Å². The molecule has 82 valence electrons. The minimum absolute atomic E-state index is 0.190. The summed E-state index contributed by atoms with van der Waals surface area (Å²) < 4.78 is 40.5. The van der Waals surface area contributed by atoms with E-state index in [0.717, 1.165) is 0 Å². The molecule has 0 aliphatic carbocycles. The highest BCUT2D eigenvalue weighted by atomic mass is 19.4. The summed E-state index contributed by atoms with van der Waals surface area (Å²) in [7, 11) is 0. The third-order valence-corrected chi connectivity index (χ3v) is 1.46. The summed E-state index contributed by atoms with van der Waals surface area (Å²) in [4.78, 5) is 20.7. The Labute approximate surface area is 77.7 Å². The molecule has 1 atom stereocenters. The van der Waals surface area contributed by atoms with Gasteiger partial charge in [-0.3, -0.25) is 0 Å². The first-order valence-corrected chi connectivity index (χ1v) is 3.69. The van der Waals surface area contributed by atoms with Crippen molar-refractivity contribution in [1.82, 2.24) is 0 Å². The maximum Gasteiger partial charge on any atom is 0.428 e. The van der Waals surface area contributed by atoms with Gasteiger partial charge in [0.25, 0.3) is 5.60 Å². The van der Waals surface area contributed by atoms with Crippen LogP contribution in [0.15, 0.2) is 0 Å². The summed E-state index contributed by atoms with van der Waals surface area (Å²) in [6.45, 7) is 0.978. The van der Waals surface area contributed by atoms with Gasteiger partial charge >= 0.3 is 12.1 Å². The molecule has 0 aliphatic rings. The molecule has 14 heavy (non-hydrogen) atoms. The third kappa shape index (κ3) is 2.44. The van der Waals surface area contributed by atoms with Crippen LogP contribution in [0.5, 0.6) is 0 Å². The Morgan fingerprint density at radius 1 is 1.50 bits per heavy atom. The van der Waals surface area contributed by atoms with Gasteiger partial charge in [0.05, 0.1) is 13.0 Å². The molecule has 0 bridgehead atoms. The van der Waals surface area contributed by atoms with Gasteiger partial charge in [-0.05, 0) is 6.92 Å². The SMILES string of the molecule is CCOC(=O)[C@@](O)(CC=O)C(F)(F)F. The summed E-state index contributed by atoms with van der Waals surface area (Å²) in [6, 6.07) is 0. The topological polar surface area (TPSA) is 63.6 Å². The fourth-order valence-corrected chi connectivity index (χ4v) is 0.686. The lowest BCUT2D eigenvalue weighted by Gasteiger charge is -2.25. The number of aliphatic hydroxyl groups is 1. The van der Waals surface area contributed by atoms with Crippen molar-refractivity contribution in [2.45, 2.75) is 25.1 Å². The highest BCUT2D eigenvalue weighted by Gasteiger charge is 2.60. The van der Waals surface area contributed by atoms with E-state index in [9.17, 15) is 22.8 Å². The van der Waals surface area contributed by atoms with Crippen molar-refractivity contribution in [1.29, 1.82) is 0 Å². The first kappa shape index (κ1) is 12.9. The zero-order valence-corrected chi connectivity index (χ0v) is 7.30. The van der Waals surface area contributed by atoms with Gasteiger partial charge in [-0.2, -0.15) is 13.2 Å². The van der Waals surface area contributed by atoms with E-state index in [4.69, 9.17) is 5.11 Å². The molecule has 0 rings (SSSR count). The van der Waals surface area contributed by atoms with Crippen molar-refractivity contribution in [2.24, 2.45) is 0 Å². The molecule has 0 heterocycles. The Hall–Kier alpha value is -1.11. The van der Waals surface area contributed by atoms with Crippen molar-refractivity contribution < 1.29 is 32.6 Å². The molecule has 0 unspecified atom stereocenters. The lowest BCUT2D eigenvalue weighted by Crippen LogP contribution is -2.53. The Bertz CT molecular complexity index is 225. The van der Waals surface area contributed by atoms with Crippen LogP contribution < -0.4 is 0 Å². The van der Waals surface area contributed by atoms with Gasteiger partial charge < -0.3 is 14.6 Å². The van der Waals surface area contributed by atoms with Crippen LogP contribution in [0.2, 0.25) is 0 Å². The number of carbonyl (C=O) groups is 2. The Morgan fingerprint density at radius 3 is 2.29 bits per heavy atom. The molecule has 7 heteroatoms. The molecule has 0 saturated carbocycles. The van der Waals surface area contributed by atoms with Gasteiger partial charge in [-0.1, -0.05) is 0 Å². The fraction of sp³-hybridized carbons (Fsp3) is 0.714. The van der Waals surface area contributed by atoms with Crippen LogP contribution >= 0.6 is 0 Å². The average molecular weight is 214 g/mol. The summed E-state index contributed by atoms with van der Waals surface area (Å²) >= 11 is 0. The standard InChI is InChI=1S/C7H9F3O4/c1-2-14-5(12)6(13,3-4-11)7(8,9)10/h4,13H,2-3H2,1H3/t6-/m0/s1. The van der Waals surface area contributed by atoms with Gasteiger partial charge in [0.1, 0.15) is 6.29 Å². The Kier molecular flexibility index (Phi) is 4.06. The second-order valence-electron chi connectivity index (χ2n) is 2.45. The predicted molar refractivity (Wildman–Crippen MR) is 38.3 cm³/mol. The van der Waals surface area contributed by atoms with E-state index >= 15 is 0 Å². The van der Waals surface area contributed by atoms with E-state index in [2.05, 4.69) is 4.74 Å². The summed E-state index contributed by atoms with van der Waals surface area (Å²) in [5.41, 5.74) is -3.73. The van der Waals surface area contributed by atoms with Crippen LogP contribution in [0.3, 0.4) is 0 Å². The van der Waals surface area contributed by atoms with E-state index in [1.165, 1.54) is 6.92 Å². The molecule has 0 aromatic rings. The van der Waals surface area contributed by atoms with E-state index < -0.39 is 24.2 Å². The maximum absolute atomic E-state index is 12.2. The lowest BCUT2D eigenvalue weighted by molar-refractivity contribution is -0.262. The minimum atomic E-state index is -5.22. The normalized spacial score (nSPS) is 15.8. The monoisotopic (exact) mass is 214 g/mol. The fourth-order valence-electron chi connectivity index (χ4n) is 0.686. The Morgan fingerprint density at radius 2 is 2.00 bits per heavy atom. The molecule has 0 fully saturated rings. The maximum atomic E-state index is 12.2. The van der Waals surface area contributed by atoms with E-state index in [1.807, 2.05) is 0 Å². The zero-order valence-electron chi connectivity index (χ0n) is 7.30. The third-order valence-electron chi connectivity index (χ3n) is 1.46. The molecule has 0 amide bonds. The van der Waals surface area contributed by atoms with E-state index in [-0.39, 0.29) is 12.9 Å². The predicted octanol–water partition coefficient (Wildman–Crippen LogP) is 0.432. The molecule has 0 saturated heterocycles. The molecule has 0 aromatic carbocycles. The number of esters is 1. The molecular weight excluding hydrogens is 205 g/mol. The first-order chi connectivity index (χ1) is 6.29. The molecule has 0 radical (unpaired) electrons. The van der Waals surface area contributed by atoms with E-state index in [1.54, 1.807) is 0 Å². The van der Waals surface area contributed by atoms with Crippen LogP contribution in [0.25, 0.3) is 0 Å². The molecule has 0 aromatic heterocycles. The second-order valence-corrected chi connectivity index (χ2v) is 2.45. The number of ether oxygens (including phenoxy) is 1. The lowest BCUT2D eigenvalue weighted by atomic mass is 10.0. The zero-order chi connectivity index (χ0) is 11.4. The summed E-state index contributed by atoms with van der Waals surface area (Å²) in [5, 5.41) is 8.92. The minimum Gasteiger partial charge on any atom is -0.464 e. The number of aldehydes is 1. The van der Waals surface area contributed by atoms with Gasteiger partial charge in [-0.25, -0.2) is 4.79 Å². The number of halogens is 3. The first-order valence-electron chi connectivity index (χ1n) is 3.69. The molecule has 0 aliphatic heterocycles. The number of carbonyl (C=O) groups excluding carboxylic acids is 2. The quantitative estimate of drug-likeness (QED) is 0.544. The summed E-state index contributed by atoms with van der Waals surface area (Å²) in [5.74, 6) is -1.86. The second kappa shape index (κ2) is 4.41. The van der Waals surface area contributed by atoms with Gasteiger partial charge in [0.15, 0.2) is 0 Å². The van der Waals surface area contributed by atoms with Gasteiger partial charge in [-0.15, -0.1) is 0 Å². The number of hydrogen-bond acceptors (Lipinski definition) is 4. The van der Waals surface area contributed by atoms with E-state index in [0.29, 0.717) is 0 Å². The molecular formula is C7H9F3O4. The number of alkyl halides is 3. The van der Waals surface area contributed by atoms with Crippen molar-refractivity contribution >= 4 is 12.3 Å². The molecule has 1 N–H and O–H groups in total. The highest BCUT2D eigenvalue weighted by Crippen LogP contribution is 2.33. The highest BCUT2D eigenvalue weighted by molar-refractivity contribution is 5.83. The van der Waals surface area contributed by atoms with Crippen molar-refractivity contribution in [3.05, 3.63) is 0 Å². The van der Waals surface area contributed by atoms with Crippen LogP contribution in [-0.4, -0.2) is 35.7 Å². The van der Waals surface area contributed by atoms with Gasteiger partial charge in [0.2, 0.25) is 0 Å². The Balaban J connectivity index is 4.89. The van der Waals surface area contributed by atoms with Crippen LogP contribution in [0.1, 0.15) is 13.3 Å². The van der Waals surface area contributed by atoms with Crippen LogP contribution in [0.4, 0.5) is 13.2 Å². The van der Waals surface area contributed by atoms with Gasteiger partial charge in [0, 0.05) is 0 Å². The largest absolute Gasteiger partial charge is 0.464 e. The van der Waals surface area contributed by atoms with Crippen LogP contribution in [-0.2, 0) is 14.3 Å². The van der Waals surface area contributed by atoms with Crippen molar-refractivity contribution in [3.63, 3.8) is 0 Å². The molecule has 4 nitrogen and oxygen atoms in total. The number of hydrogen-bond donors (Lipinski definition) is 1. The average Bonchev–Trinajstić information content (AvgIpc) is 2.03. The number of rotatable bonds is 4. The van der Waals surface area contributed by atoms with Crippen molar-refractivity contribution in [3.8, 4) is 0 Å². The summed E-state index contributed by atoms with van der Waals surface area (Å²) in [6.07, 6.45) is -6.78.